The van der Waals surface area contributed by atoms with Crippen molar-refractivity contribution in [1.82, 2.24) is 9.38 Å². The minimum Gasteiger partial charge on any atom is -0.496 e. The first kappa shape index (κ1) is 16.5. The van der Waals surface area contributed by atoms with Gasteiger partial charge in [-0.05, 0) is 43.2 Å². The summed E-state index contributed by atoms with van der Waals surface area (Å²) in [5.74, 6) is 0.849. The van der Waals surface area contributed by atoms with Crippen molar-refractivity contribution < 1.29 is 9.53 Å². The lowest BCUT2D eigenvalue weighted by atomic mass is 10.1. The number of nitrogens with zero attached hydrogens (tertiary/aromatic N) is 2. The van der Waals surface area contributed by atoms with Crippen LogP contribution in [0.5, 0.6) is 5.75 Å². The standard InChI is InChI=1S/C21H18N2O2S/c1-13-4-6-15(7-5-13)20-17(11-24)23-18(12-26-21(23)22-20)16-8-9-19(25-3)14(2)10-16/h4-12H,1-3H3. The van der Waals surface area contributed by atoms with Crippen molar-refractivity contribution in [2.24, 2.45) is 0 Å². The second-order valence-electron chi connectivity index (χ2n) is 6.25. The fraction of sp³-hybridized carbons (Fsp3) is 0.143. The van der Waals surface area contributed by atoms with Crippen molar-refractivity contribution in [3.8, 4) is 28.3 Å². The van der Waals surface area contributed by atoms with Gasteiger partial charge in [0.1, 0.15) is 17.1 Å². The molecule has 0 N–H and O–H groups in total. The summed E-state index contributed by atoms with van der Waals surface area (Å²) in [6.07, 6.45) is 0.891. The first-order chi connectivity index (χ1) is 12.6. The van der Waals surface area contributed by atoms with Crippen molar-refractivity contribution >= 4 is 22.6 Å². The highest BCUT2D eigenvalue weighted by molar-refractivity contribution is 7.15. The van der Waals surface area contributed by atoms with Gasteiger partial charge in [-0.15, -0.1) is 11.3 Å². The van der Waals surface area contributed by atoms with Gasteiger partial charge in [-0.25, -0.2) is 4.98 Å². The Morgan fingerprint density at radius 3 is 2.46 bits per heavy atom. The van der Waals surface area contributed by atoms with Crippen LogP contribution in [0.25, 0.3) is 27.5 Å². The van der Waals surface area contributed by atoms with Crippen molar-refractivity contribution in [1.29, 1.82) is 0 Å². The topological polar surface area (TPSA) is 43.6 Å². The Hall–Kier alpha value is -2.92. The number of aryl methyl sites for hydroxylation is 2. The number of ether oxygens (including phenoxy) is 1. The summed E-state index contributed by atoms with van der Waals surface area (Å²) in [6.45, 7) is 4.05. The van der Waals surface area contributed by atoms with Gasteiger partial charge in [0.25, 0.3) is 0 Å². The van der Waals surface area contributed by atoms with E-state index in [1.165, 1.54) is 16.9 Å². The fourth-order valence-electron chi connectivity index (χ4n) is 3.15. The average Bonchev–Trinajstić information content (AvgIpc) is 3.21. The zero-order valence-corrected chi connectivity index (χ0v) is 15.6. The lowest BCUT2D eigenvalue weighted by molar-refractivity contribution is 0.111. The van der Waals surface area contributed by atoms with E-state index in [0.717, 1.165) is 45.1 Å². The third-order valence-electron chi connectivity index (χ3n) is 4.53. The third-order valence-corrected chi connectivity index (χ3v) is 5.35. The van der Waals surface area contributed by atoms with Crippen LogP contribution < -0.4 is 4.74 Å². The van der Waals surface area contributed by atoms with E-state index in [1.807, 2.05) is 60.0 Å². The molecule has 2 heterocycles. The highest BCUT2D eigenvalue weighted by Gasteiger charge is 2.18. The molecule has 26 heavy (non-hydrogen) atoms. The smallest absolute Gasteiger partial charge is 0.195 e. The first-order valence-corrected chi connectivity index (χ1v) is 9.17. The summed E-state index contributed by atoms with van der Waals surface area (Å²) in [5, 5.41) is 2.04. The zero-order chi connectivity index (χ0) is 18.3. The van der Waals surface area contributed by atoms with E-state index in [-0.39, 0.29) is 0 Å². The molecule has 0 atom stereocenters. The lowest BCUT2D eigenvalue weighted by Gasteiger charge is -2.07. The molecule has 130 valence electrons. The molecule has 0 aliphatic carbocycles. The van der Waals surface area contributed by atoms with E-state index < -0.39 is 0 Å². The molecule has 0 radical (unpaired) electrons. The van der Waals surface area contributed by atoms with Gasteiger partial charge in [0.05, 0.1) is 12.8 Å². The van der Waals surface area contributed by atoms with Gasteiger partial charge in [0.15, 0.2) is 11.2 Å². The predicted molar refractivity (Wildman–Crippen MR) is 105 cm³/mol. The minimum absolute atomic E-state index is 0.577. The maximum atomic E-state index is 11.9. The van der Waals surface area contributed by atoms with Gasteiger partial charge >= 0.3 is 0 Å². The van der Waals surface area contributed by atoms with E-state index in [1.54, 1.807) is 7.11 Å². The van der Waals surface area contributed by atoms with Crippen molar-refractivity contribution in [3.05, 3.63) is 64.7 Å². The number of hydrogen-bond donors (Lipinski definition) is 0. The van der Waals surface area contributed by atoms with Crippen LogP contribution in [0.1, 0.15) is 21.6 Å². The number of aromatic nitrogens is 2. The van der Waals surface area contributed by atoms with Crippen LogP contribution in [-0.2, 0) is 0 Å². The number of fused-ring (bicyclic) bond motifs is 1. The van der Waals surface area contributed by atoms with Crippen LogP contribution in [-0.4, -0.2) is 22.8 Å². The Morgan fingerprint density at radius 1 is 1.08 bits per heavy atom. The van der Waals surface area contributed by atoms with Crippen molar-refractivity contribution in [3.63, 3.8) is 0 Å². The van der Waals surface area contributed by atoms with Gasteiger partial charge in [-0.3, -0.25) is 9.20 Å². The van der Waals surface area contributed by atoms with Crippen LogP contribution in [0.2, 0.25) is 0 Å². The maximum Gasteiger partial charge on any atom is 0.195 e. The summed E-state index contributed by atoms with van der Waals surface area (Å²) in [5.41, 5.74) is 6.47. The average molecular weight is 362 g/mol. The first-order valence-electron chi connectivity index (χ1n) is 8.29. The molecular formula is C21H18N2O2S. The van der Waals surface area contributed by atoms with Gasteiger partial charge in [-0.1, -0.05) is 29.8 Å². The molecule has 0 saturated carbocycles. The SMILES string of the molecule is COc1ccc(-c2csc3nc(-c4ccc(C)cc4)c(C=O)n23)cc1C. The van der Waals surface area contributed by atoms with Crippen molar-refractivity contribution in [2.45, 2.75) is 13.8 Å². The Bertz CT molecular complexity index is 1110. The van der Waals surface area contributed by atoms with Crippen LogP contribution >= 0.6 is 11.3 Å². The largest absolute Gasteiger partial charge is 0.496 e. The van der Waals surface area contributed by atoms with Crippen LogP contribution in [0, 0.1) is 13.8 Å². The molecule has 0 amide bonds. The molecule has 4 aromatic rings. The zero-order valence-electron chi connectivity index (χ0n) is 14.8. The highest BCUT2D eigenvalue weighted by Crippen LogP contribution is 2.33. The Labute approximate surface area is 155 Å². The fourth-order valence-corrected chi connectivity index (χ4v) is 4.06. The number of rotatable bonds is 4. The molecule has 0 aliphatic heterocycles. The van der Waals surface area contributed by atoms with Crippen LogP contribution in [0.3, 0.4) is 0 Å². The Kier molecular flexibility index (Phi) is 4.09. The number of thiazole rings is 1. The second kappa shape index (κ2) is 6.42. The molecule has 0 spiro atoms. The van der Waals surface area contributed by atoms with Crippen LogP contribution in [0.4, 0.5) is 0 Å². The predicted octanol–water partition coefficient (Wildman–Crippen LogP) is 5.17. The molecule has 2 aromatic heterocycles. The number of carbonyl (C=O) groups excluding carboxylic acids is 1. The van der Waals surface area contributed by atoms with E-state index in [9.17, 15) is 4.79 Å². The molecule has 0 fully saturated rings. The number of imidazole rings is 1. The summed E-state index contributed by atoms with van der Waals surface area (Å²) < 4.78 is 7.29. The van der Waals surface area contributed by atoms with Gasteiger partial charge in [0, 0.05) is 10.9 Å². The Morgan fingerprint density at radius 2 is 1.81 bits per heavy atom. The van der Waals surface area contributed by atoms with Crippen LogP contribution in [0.15, 0.2) is 47.8 Å². The molecule has 0 bridgehead atoms. The Balaban J connectivity index is 1.91. The quantitative estimate of drug-likeness (QED) is 0.471. The van der Waals surface area contributed by atoms with E-state index in [0.29, 0.717) is 5.69 Å². The molecule has 4 rings (SSSR count). The molecular weight excluding hydrogens is 344 g/mol. The monoisotopic (exact) mass is 362 g/mol. The summed E-state index contributed by atoms with van der Waals surface area (Å²) >= 11 is 1.53. The van der Waals surface area contributed by atoms with E-state index in [4.69, 9.17) is 9.72 Å². The second-order valence-corrected chi connectivity index (χ2v) is 7.09. The lowest BCUT2D eigenvalue weighted by Crippen LogP contribution is -1.95. The molecule has 2 aromatic carbocycles. The number of carbonyl (C=O) groups is 1. The molecule has 4 nitrogen and oxygen atoms in total. The van der Waals surface area contributed by atoms with Gasteiger partial charge < -0.3 is 4.74 Å². The molecule has 0 unspecified atom stereocenters. The highest BCUT2D eigenvalue weighted by atomic mass is 32.1. The van der Waals surface area contributed by atoms with Gasteiger partial charge in [-0.2, -0.15) is 0 Å². The number of hydrogen-bond acceptors (Lipinski definition) is 4. The third kappa shape index (κ3) is 2.61. The number of benzene rings is 2. The van der Waals surface area contributed by atoms with Gasteiger partial charge in [0.2, 0.25) is 0 Å². The number of aldehydes is 1. The molecule has 0 saturated heterocycles. The minimum atomic E-state index is 0.577. The van der Waals surface area contributed by atoms with Crippen molar-refractivity contribution in [2.75, 3.05) is 7.11 Å². The number of methoxy groups -OCH3 is 1. The summed E-state index contributed by atoms with van der Waals surface area (Å²) in [4.78, 5) is 17.4. The van der Waals surface area contributed by atoms with E-state index >= 15 is 0 Å². The summed E-state index contributed by atoms with van der Waals surface area (Å²) in [6, 6.07) is 14.1. The normalized spacial score (nSPS) is 11.0. The molecule has 0 aliphatic rings. The summed E-state index contributed by atoms with van der Waals surface area (Å²) in [7, 11) is 1.67. The van der Waals surface area contributed by atoms with E-state index in [2.05, 4.69) is 6.07 Å². The maximum absolute atomic E-state index is 11.9. The molecule has 5 heteroatoms.